The van der Waals surface area contributed by atoms with Crippen LogP contribution in [0.5, 0.6) is 6.01 Å². The molecule has 1 N–H and O–H groups in total. The topological polar surface area (TPSA) is 77.0 Å². The van der Waals surface area contributed by atoms with E-state index in [1.165, 1.54) is 0 Å². The number of nitrogens with one attached hydrogen (secondary N) is 1. The van der Waals surface area contributed by atoms with Crippen LogP contribution in [-0.2, 0) is 4.79 Å². The Labute approximate surface area is 143 Å². The number of nitrogens with zero attached hydrogens (tertiary/aromatic N) is 3. The molecule has 122 valence electrons. The molecule has 0 unspecified atom stereocenters. The fraction of sp³-hybridized carbons (Fsp3) is 0.176. The summed E-state index contributed by atoms with van der Waals surface area (Å²) in [6, 6.07) is 9.50. The van der Waals surface area contributed by atoms with Crippen LogP contribution in [0.25, 0.3) is 11.3 Å². The van der Waals surface area contributed by atoms with Crippen molar-refractivity contribution in [3.63, 3.8) is 0 Å². The van der Waals surface area contributed by atoms with Crippen molar-refractivity contribution in [2.75, 3.05) is 11.9 Å². The Morgan fingerprint density at radius 1 is 1.25 bits per heavy atom. The summed E-state index contributed by atoms with van der Waals surface area (Å²) < 4.78 is 5.29. The molecule has 0 spiro atoms. The van der Waals surface area contributed by atoms with E-state index in [0.717, 1.165) is 22.0 Å². The number of aryl methyl sites for hydroxylation is 2. The molecule has 0 atom stereocenters. The van der Waals surface area contributed by atoms with Crippen molar-refractivity contribution in [3.8, 4) is 17.3 Å². The van der Waals surface area contributed by atoms with E-state index in [1.54, 1.807) is 23.6 Å². The highest BCUT2D eigenvalue weighted by atomic mass is 32.1. The Morgan fingerprint density at radius 2 is 2.12 bits per heavy atom. The predicted octanol–water partition coefficient (Wildman–Crippen LogP) is 3.23. The van der Waals surface area contributed by atoms with Gasteiger partial charge in [-0.15, -0.1) is 11.3 Å². The highest BCUT2D eigenvalue weighted by Gasteiger charge is 2.07. The van der Waals surface area contributed by atoms with Gasteiger partial charge in [-0.1, -0.05) is 12.1 Å². The Kier molecular flexibility index (Phi) is 4.81. The van der Waals surface area contributed by atoms with E-state index < -0.39 is 0 Å². The minimum atomic E-state index is -0.272. The Balaban J connectivity index is 1.62. The van der Waals surface area contributed by atoms with Crippen LogP contribution < -0.4 is 10.1 Å². The van der Waals surface area contributed by atoms with Gasteiger partial charge in [-0.2, -0.15) is 0 Å². The van der Waals surface area contributed by atoms with Gasteiger partial charge < -0.3 is 10.1 Å². The first-order chi connectivity index (χ1) is 11.6. The van der Waals surface area contributed by atoms with E-state index in [4.69, 9.17) is 4.74 Å². The molecule has 1 amide bonds. The molecule has 7 heteroatoms. The molecule has 1 aromatic carbocycles. The van der Waals surface area contributed by atoms with E-state index >= 15 is 0 Å². The van der Waals surface area contributed by atoms with Crippen LogP contribution in [0.4, 0.5) is 5.69 Å². The maximum atomic E-state index is 12.0. The molecule has 0 saturated carbocycles. The third kappa shape index (κ3) is 4.14. The smallest absolute Gasteiger partial charge is 0.317 e. The summed E-state index contributed by atoms with van der Waals surface area (Å²) in [6.45, 7) is 3.65. The van der Waals surface area contributed by atoms with Crippen molar-refractivity contribution < 1.29 is 9.53 Å². The molecular formula is C17H16N4O2S. The number of carbonyl (C=O) groups excluding carboxylic acids is 1. The number of anilines is 1. The molecule has 0 fully saturated rings. The van der Waals surface area contributed by atoms with E-state index in [1.807, 2.05) is 43.5 Å². The lowest BCUT2D eigenvalue weighted by molar-refractivity contribution is -0.118. The lowest BCUT2D eigenvalue weighted by atomic mass is 10.1. The summed E-state index contributed by atoms with van der Waals surface area (Å²) in [4.78, 5) is 24.5. The quantitative estimate of drug-likeness (QED) is 0.771. The predicted molar refractivity (Wildman–Crippen MR) is 93.2 cm³/mol. The molecule has 0 radical (unpaired) electrons. The fourth-order valence-corrected chi connectivity index (χ4v) is 2.70. The van der Waals surface area contributed by atoms with Crippen LogP contribution in [0.2, 0.25) is 0 Å². The maximum absolute atomic E-state index is 12.0. The fourth-order valence-electron chi connectivity index (χ4n) is 2.07. The molecule has 0 aliphatic carbocycles. The second kappa shape index (κ2) is 7.18. The zero-order valence-corrected chi connectivity index (χ0v) is 14.1. The molecule has 3 rings (SSSR count). The highest BCUT2D eigenvalue weighted by molar-refractivity contribution is 7.09. The Bertz CT molecular complexity index is 863. The van der Waals surface area contributed by atoms with E-state index in [-0.39, 0.29) is 18.5 Å². The summed E-state index contributed by atoms with van der Waals surface area (Å²) in [5, 5.41) is 5.80. The molecule has 0 aliphatic rings. The Morgan fingerprint density at radius 3 is 2.88 bits per heavy atom. The number of rotatable bonds is 5. The van der Waals surface area contributed by atoms with Crippen LogP contribution >= 0.6 is 11.3 Å². The van der Waals surface area contributed by atoms with Gasteiger partial charge in [0.25, 0.3) is 5.91 Å². The van der Waals surface area contributed by atoms with Crippen molar-refractivity contribution >= 4 is 22.9 Å². The van der Waals surface area contributed by atoms with Gasteiger partial charge in [0.05, 0.1) is 10.7 Å². The first kappa shape index (κ1) is 16.1. The molecule has 3 aromatic rings. The first-order valence-electron chi connectivity index (χ1n) is 7.35. The van der Waals surface area contributed by atoms with Gasteiger partial charge in [0.1, 0.15) is 0 Å². The number of aromatic nitrogens is 3. The van der Waals surface area contributed by atoms with Crippen LogP contribution in [0.1, 0.15) is 10.7 Å². The molecule has 2 heterocycles. The van der Waals surface area contributed by atoms with Gasteiger partial charge >= 0.3 is 6.01 Å². The molecule has 0 aliphatic heterocycles. The molecular weight excluding hydrogens is 324 g/mol. The van der Waals surface area contributed by atoms with Gasteiger partial charge in [0.2, 0.25) is 0 Å². The van der Waals surface area contributed by atoms with Crippen molar-refractivity contribution in [2.24, 2.45) is 0 Å². The second-order valence-corrected chi connectivity index (χ2v) is 6.21. The Hall–Kier alpha value is -2.80. The van der Waals surface area contributed by atoms with Gasteiger partial charge in [-0.3, -0.25) is 4.79 Å². The SMILES string of the molecule is Cc1ccnc(OCC(=O)Nc2cccc(-c3csc(C)n3)c2)n1. The zero-order chi connectivity index (χ0) is 16.9. The zero-order valence-electron chi connectivity index (χ0n) is 13.3. The second-order valence-electron chi connectivity index (χ2n) is 5.15. The normalized spacial score (nSPS) is 10.4. The number of amides is 1. The van der Waals surface area contributed by atoms with E-state index in [9.17, 15) is 4.79 Å². The lowest BCUT2D eigenvalue weighted by Crippen LogP contribution is -2.20. The minimum Gasteiger partial charge on any atom is -0.453 e. The van der Waals surface area contributed by atoms with Gasteiger partial charge in [-0.05, 0) is 32.0 Å². The lowest BCUT2D eigenvalue weighted by Gasteiger charge is -2.07. The monoisotopic (exact) mass is 340 g/mol. The van der Waals surface area contributed by atoms with Crippen LogP contribution in [0.3, 0.4) is 0 Å². The summed E-state index contributed by atoms with van der Waals surface area (Å²) in [5.74, 6) is -0.272. The average molecular weight is 340 g/mol. The molecule has 0 saturated heterocycles. The summed E-state index contributed by atoms with van der Waals surface area (Å²) in [5.41, 5.74) is 3.33. The summed E-state index contributed by atoms with van der Waals surface area (Å²) in [6.07, 6.45) is 1.59. The number of hydrogen-bond donors (Lipinski definition) is 1. The maximum Gasteiger partial charge on any atom is 0.317 e. The van der Waals surface area contributed by atoms with E-state index in [0.29, 0.717) is 5.69 Å². The van der Waals surface area contributed by atoms with E-state index in [2.05, 4.69) is 20.3 Å². The van der Waals surface area contributed by atoms with Gasteiger partial charge in [0.15, 0.2) is 6.61 Å². The number of benzene rings is 1. The average Bonchev–Trinajstić information content (AvgIpc) is 3.00. The standard InChI is InChI=1S/C17H16N4O2S/c1-11-6-7-18-17(19-11)23-9-16(22)21-14-5-3-4-13(8-14)15-10-24-12(2)20-15/h3-8,10H,9H2,1-2H3,(H,21,22). The van der Waals surface area contributed by atoms with Crippen LogP contribution in [0.15, 0.2) is 41.9 Å². The first-order valence-corrected chi connectivity index (χ1v) is 8.23. The number of carbonyl (C=O) groups is 1. The number of ether oxygens (including phenoxy) is 1. The molecule has 6 nitrogen and oxygen atoms in total. The van der Waals surface area contributed by atoms with Crippen molar-refractivity contribution in [2.45, 2.75) is 13.8 Å². The third-order valence-electron chi connectivity index (χ3n) is 3.17. The number of thiazole rings is 1. The third-order valence-corrected chi connectivity index (χ3v) is 3.94. The van der Waals surface area contributed by atoms with Gasteiger partial charge in [-0.25, -0.2) is 15.0 Å². The molecule has 24 heavy (non-hydrogen) atoms. The summed E-state index contributed by atoms with van der Waals surface area (Å²) >= 11 is 1.59. The van der Waals surface area contributed by atoms with Crippen molar-refractivity contribution in [1.82, 2.24) is 15.0 Å². The molecule has 2 aromatic heterocycles. The number of hydrogen-bond acceptors (Lipinski definition) is 6. The molecule has 0 bridgehead atoms. The van der Waals surface area contributed by atoms with Gasteiger partial charge in [0, 0.05) is 28.5 Å². The van der Waals surface area contributed by atoms with Crippen molar-refractivity contribution in [3.05, 3.63) is 52.6 Å². The highest BCUT2D eigenvalue weighted by Crippen LogP contribution is 2.24. The van der Waals surface area contributed by atoms with Crippen LogP contribution in [0, 0.1) is 13.8 Å². The van der Waals surface area contributed by atoms with Crippen LogP contribution in [-0.4, -0.2) is 27.5 Å². The minimum absolute atomic E-state index is 0.149. The van der Waals surface area contributed by atoms with Crippen molar-refractivity contribution in [1.29, 1.82) is 0 Å². The summed E-state index contributed by atoms with van der Waals surface area (Å²) in [7, 11) is 0. The largest absolute Gasteiger partial charge is 0.453 e.